The van der Waals surface area contributed by atoms with Crippen LogP contribution < -0.4 is 19.5 Å². The third-order valence-electron chi connectivity index (χ3n) is 3.79. The minimum absolute atomic E-state index is 0.0367. The van der Waals surface area contributed by atoms with Crippen molar-refractivity contribution < 1.29 is 24.1 Å². The number of halogens is 3. The molecule has 2 N–H and O–H groups in total. The van der Waals surface area contributed by atoms with E-state index in [1.54, 1.807) is 18.2 Å². The summed E-state index contributed by atoms with van der Waals surface area (Å²) in [4.78, 5) is 12.4. The van der Waals surface area contributed by atoms with E-state index in [9.17, 15) is 9.90 Å². The highest BCUT2D eigenvalue weighted by Gasteiger charge is 2.17. The molecule has 0 aromatic heterocycles. The first kappa shape index (κ1) is 23.4. The van der Waals surface area contributed by atoms with Crippen LogP contribution >= 0.6 is 34.8 Å². The second kappa shape index (κ2) is 11.4. The predicted octanol–water partition coefficient (Wildman–Crippen LogP) is 4.61. The number of hydrogen-bond acceptors (Lipinski definition) is 5. The first-order chi connectivity index (χ1) is 13.9. The Morgan fingerprint density at radius 2 is 1.90 bits per heavy atom. The Hall–Kier alpha value is -1.86. The molecule has 9 heteroatoms. The highest BCUT2D eigenvalue weighted by molar-refractivity contribution is 6.42. The van der Waals surface area contributed by atoms with E-state index >= 15 is 0 Å². The van der Waals surface area contributed by atoms with Crippen molar-refractivity contribution in [3.8, 4) is 17.2 Å². The van der Waals surface area contributed by atoms with Crippen LogP contribution in [-0.4, -0.2) is 44.0 Å². The van der Waals surface area contributed by atoms with Gasteiger partial charge in [0.05, 0.1) is 23.8 Å². The fourth-order valence-electron chi connectivity index (χ4n) is 2.35. The van der Waals surface area contributed by atoms with Gasteiger partial charge in [0.2, 0.25) is 0 Å². The average Bonchev–Trinajstić information content (AvgIpc) is 2.71. The summed E-state index contributed by atoms with van der Waals surface area (Å²) in [5.74, 6) is 0.672. The van der Waals surface area contributed by atoms with Crippen LogP contribution in [0.25, 0.3) is 0 Å². The van der Waals surface area contributed by atoms with Gasteiger partial charge >= 0.3 is 0 Å². The molecular formula is C20H22Cl3NO5. The number of aliphatic hydroxyl groups excluding tert-OH is 1. The lowest BCUT2D eigenvalue weighted by Crippen LogP contribution is -2.35. The van der Waals surface area contributed by atoms with Crippen molar-refractivity contribution >= 4 is 40.7 Å². The van der Waals surface area contributed by atoms with Gasteiger partial charge in [-0.05, 0) is 30.7 Å². The molecule has 0 aliphatic heterocycles. The van der Waals surface area contributed by atoms with Crippen molar-refractivity contribution in [2.75, 3.05) is 26.9 Å². The number of carbonyl (C=O) groups excluding carboxylic acids is 1. The minimum atomic E-state index is -0.960. The Bertz CT molecular complexity index is 847. The van der Waals surface area contributed by atoms with E-state index in [0.717, 1.165) is 6.42 Å². The molecule has 0 aliphatic carbocycles. The van der Waals surface area contributed by atoms with Crippen molar-refractivity contribution in [2.45, 2.75) is 19.4 Å². The van der Waals surface area contributed by atoms with Gasteiger partial charge in [-0.2, -0.15) is 0 Å². The van der Waals surface area contributed by atoms with E-state index in [1.165, 1.54) is 19.2 Å². The SMILES string of the molecule is CCCOc1c(Cl)cc(C(=O)NCC(O)COc2cccc(Cl)c2Cl)cc1OC. The molecule has 158 valence electrons. The maximum absolute atomic E-state index is 12.4. The zero-order valence-electron chi connectivity index (χ0n) is 16.0. The number of rotatable bonds is 10. The van der Waals surface area contributed by atoms with E-state index < -0.39 is 12.0 Å². The molecule has 0 saturated carbocycles. The number of hydrogen-bond donors (Lipinski definition) is 2. The summed E-state index contributed by atoms with van der Waals surface area (Å²) in [7, 11) is 1.47. The average molecular weight is 463 g/mol. The molecule has 1 atom stereocenters. The lowest BCUT2D eigenvalue weighted by atomic mass is 10.2. The van der Waals surface area contributed by atoms with Crippen LogP contribution in [0.5, 0.6) is 17.2 Å². The van der Waals surface area contributed by atoms with Crippen molar-refractivity contribution in [3.63, 3.8) is 0 Å². The zero-order chi connectivity index (χ0) is 21.4. The summed E-state index contributed by atoms with van der Waals surface area (Å²) >= 11 is 18.2. The van der Waals surface area contributed by atoms with Crippen LogP contribution in [0.2, 0.25) is 15.1 Å². The molecule has 29 heavy (non-hydrogen) atoms. The molecular weight excluding hydrogens is 441 g/mol. The van der Waals surface area contributed by atoms with Crippen LogP contribution in [0.1, 0.15) is 23.7 Å². The van der Waals surface area contributed by atoms with E-state index in [4.69, 9.17) is 49.0 Å². The maximum atomic E-state index is 12.4. The number of carbonyl (C=O) groups is 1. The normalized spacial score (nSPS) is 11.7. The van der Waals surface area contributed by atoms with Gasteiger partial charge in [0.25, 0.3) is 5.91 Å². The van der Waals surface area contributed by atoms with Crippen LogP contribution in [0, 0.1) is 0 Å². The molecule has 2 rings (SSSR count). The Morgan fingerprint density at radius 1 is 1.14 bits per heavy atom. The molecule has 0 bridgehead atoms. The summed E-state index contributed by atoms with van der Waals surface area (Å²) in [6.07, 6.45) is -0.152. The Morgan fingerprint density at radius 3 is 2.59 bits per heavy atom. The standard InChI is InChI=1S/C20H22Cl3NO5/c1-3-7-28-19-15(22)8-12(9-17(19)27-2)20(26)24-10-13(25)11-29-16-6-4-5-14(21)18(16)23/h4-6,8-9,13,25H,3,7,10-11H2,1-2H3,(H,24,26). The summed E-state index contributed by atoms with van der Waals surface area (Å²) in [5, 5.41) is 13.6. The number of benzene rings is 2. The first-order valence-corrected chi connectivity index (χ1v) is 10.0. The fraction of sp³-hybridized carbons (Fsp3) is 0.350. The molecule has 0 spiro atoms. The van der Waals surface area contributed by atoms with E-state index in [-0.39, 0.29) is 28.8 Å². The molecule has 6 nitrogen and oxygen atoms in total. The first-order valence-electron chi connectivity index (χ1n) is 8.90. The van der Waals surface area contributed by atoms with Gasteiger partial charge in [0.1, 0.15) is 23.5 Å². The third-order valence-corrected chi connectivity index (χ3v) is 4.87. The van der Waals surface area contributed by atoms with Gasteiger partial charge in [0.15, 0.2) is 11.5 Å². The summed E-state index contributed by atoms with van der Waals surface area (Å²) in [6.45, 7) is 2.33. The molecule has 2 aromatic carbocycles. The third kappa shape index (κ3) is 6.57. The Balaban J connectivity index is 1.94. The van der Waals surface area contributed by atoms with Crippen molar-refractivity contribution in [1.29, 1.82) is 0 Å². The zero-order valence-corrected chi connectivity index (χ0v) is 18.3. The molecule has 0 aliphatic rings. The van der Waals surface area contributed by atoms with Gasteiger partial charge in [-0.25, -0.2) is 0 Å². The predicted molar refractivity (Wildman–Crippen MR) is 114 cm³/mol. The topological polar surface area (TPSA) is 77.0 Å². The van der Waals surface area contributed by atoms with Crippen LogP contribution in [0.4, 0.5) is 0 Å². The number of amides is 1. The Labute approximate surface area is 184 Å². The number of nitrogens with one attached hydrogen (secondary N) is 1. The molecule has 0 radical (unpaired) electrons. The van der Waals surface area contributed by atoms with Crippen LogP contribution in [0.15, 0.2) is 30.3 Å². The summed E-state index contributed by atoms with van der Waals surface area (Å²) in [6, 6.07) is 7.96. The maximum Gasteiger partial charge on any atom is 0.251 e. The molecule has 0 saturated heterocycles. The monoisotopic (exact) mass is 461 g/mol. The molecule has 2 aromatic rings. The lowest BCUT2D eigenvalue weighted by Gasteiger charge is -2.16. The van der Waals surface area contributed by atoms with Crippen molar-refractivity contribution in [3.05, 3.63) is 51.0 Å². The second-order valence-electron chi connectivity index (χ2n) is 6.06. The largest absolute Gasteiger partial charge is 0.493 e. The molecule has 1 amide bonds. The van der Waals surface area contributed by atoms with Gasteiger partial charge in [0, 0.05) is 12.1 Å². The lowest BCUT2D eigenvalue weighted by molar-refractivity contribution is 0.0843. The second-order valence-corrected chi connectivity index (χ2v) is 7.26. The fourth-order valence-corrected chi connectivity index (χ4v) is 2.96. The number of aliphatic hydroxyl groups is 1. The summed E-state index contributed by atoms with van der Waals surface area (Å²) in [5.41, 5.74) is 0.279. The van der Waals surface area contributed by atoms with Gasteiger partial charge in [-0.3, -0.25) is 4.79 Å². The minimum Gasteiger partial charge on any atom is -0.493 e. The van der Waals surface area contributed by atoms with Gasteiger partial charge in [-0.1, -0.05) is 47.8 Å². The van der Waals surface area contributed by atoms with Crippen molar-refractivity contribution in [1.82, 2.24) is 5.32 Å². The molecule has 0 heterocycles. The van der Waals surface area contributed by atoms with Crippen LogP contribution in [0.3, 0.4) is 0 Å². The van der Waals surface area contributed by atoms with Crippen molar-refractivity contribution in [2.24, 2.45) is 0 Å². The molecule has 1 unspecified atom stereocenters. The van der Waals surface area contributed by atoms with Gasteiger partial charge in [-0.15, -0.1) is 0 Å². The van der Waals surface area contributed by atoms with Gasteiger partial charge < -0.3 is 24.6 Å². The van der Waals surface area contributed by atoms with Crippen LogP contribution in [-0.2, 0) is 0 Å². The number of ether oxygens (including phenoxy) is 3. The molecule has 0 fully saturated rings. The summed E-state index contributed by atoms with van der Waals surface area (Å²) < 4.78 is 16.3. The smallest absolute Gasteiger partial charge is 0.251 e. The van der Waals surface area contributed by atoms with E-state index in [1.807, 2.05) is 6.92 Å². The van der Waals surface area contributed by atoms with E-state index in [2.05, 4.69) is 5.32 Å². The van der Waals surface area contributed by atoms with E-state index in [0.29, 0.717) is 28.9 Å². The Kier molecular flexibility index (Phi) is 9.17. The highest BCUT2D eigenvalue weighted by Crippen LogP contribution is 2.36. The highest BCUT2D eigenvalue weighted by atomic mass is 35.5. The number of methoxy groups -OCH3 is 1. The quantitative estimate of drug-likeness (QED) is 0.539.